The van der Waals surface area contributed by atoms with Gasteiger partial charge in [-0.15, -0.1) is 0 Å². The number of primary amides is 1. The number of urea groups is 1. The molecule has 2 saturated carbocycles. The van der Waals surface area contributed by atoms with Crippen LogP contribution in [0.3, 0.4) is 0 Å². The van der Waals surface area contributed by atoms with Gasteiger partial charge in [-0.3, -0.25) is 0 Å². The Hall–Kier alpha value is -1.06. The first-order valence-electron chi connectivity index (χ1n) is 5.50. The van der Waals surface area contributed by atoms with E-state index in [0.29, 0.717) is 11.3 Å². The van der Waals surface area contributed by atoms with Crippen LogP contribution < -0.4 is 11.2 Å². The van der Waals surface area contributed by atoms with E-state index in [1.807, 2.05) is 0 Å². The second kappa shape index (κ2) is 2.97. The molecule has 2 amide bonds. The molecule has 0 heterocycles. The first kappa shape index (κ1) is 10.5. The Morgan fingerprint density at radius 3 is 2.60 bits per heavy atom. The molecule has 2 aliphatic carbocycles. The van der Waals surface area contributed by atoms with Crippen LogP contribution in [0.2, 0.25) is 0 Å². The van der Waals surface area contributed by atoms with E-state index in [2.05, 4.69) is 31.3 Å². The first-order chi connectivity index (χ1) is 6.88. The van der Waals surface area contributed by atoms with Gasteiger partial charge in [-0.25, -0.2) is 10.2 Å². The molecule has 0 aromatic carbocycles. The highest BCUT2D eigenvalue weighted by Gasteiger charge is 2.59. The predicted octanol–water partition coefficient (Wildman–Crippen LogP) is 1.86. The molecule has 15 heavy (non-hydrogen) atoms. The van der Waals surface area contributed by atoms with Crippen molar-refractivity contribution in [2.45, 2.75) is 40.0 Å². The summed E-state index contributed by atoms with van der Waals surface area (Å²) in [6, 6.07) is -0.577. The summed E-state index contributed by atoms with van der Waals surface area (Å²) >= 11 is 0. The van der Waals surface area contributed by atoms with E-state index in [1.165, 1.54) is 12.8 Å². The second-order valence-electron chi connectivity index (χ2n) is 5.53. The van der Waals surface area contributed by atoms with E-state index < -0.39 is 6.03 Å². The van der Waals surface area contributed by atoms with E-state index in [9.17, 15) is 4.79 Å². The molecule has 2 rings (SSSR count). The molecule has 3 N–H and O–H groups in total. The molecule has 2 atom stereocenters. The zero-order valence-corrected chi connectivity index (χ0v) is 9.63. The highest BCUT2D eigenvalue weighted by molar-refractivity contribution is 5.94. The van der Waals surface area contributed by atoms with Gasteiger partial charge in [0.05, 0.1) is 0 Å². The van der Waals surface area contributed by atoms with Gasteiger partial charge in [-0.2, -0.15) is 5.10 Å². The number of fused-ring (bicyclic) bond motifs is 2. The number of carbonyl (C=O) groups is 1. The maximum Gasteiger partial charge on any atom is 0.332 e. The van der Waals surface area contributed by atoms with Crippen LogP contribution in [0.15, 0.2) is 5.10 Å². The summed E-state index contributed by atoms with van der Waals surface area (Å²) < 4.78 is 0. The Balaban J connectivity index is 2.26. The lowest BCUT2D eigenvalue weighted by molar-refractivity contribution is 0.193. The SMILES string of the molecule is CC1(C)[C@H]2CC[C@@]1(C)/C(=N/NC(N)=O)C2. The number of nitrogens with one attached hydrogen (secondary N) is 1. The Kier molecular flexibility index (Phi) is 2.07. The molecule has 0 saturated heterocycles. The third-order valence-electron chi connectivity index (χ3n) is 4.81. The van der Waals surface area contributed by atoms with Crippen LogP contribution >= 0.6 is 0 Å². The largest absolute Gasteiger partial charge is 0.350 e. The van der Waals surface area contributed by atoms with Crippen molar-refractivity contribution in [1.82, 2.24) is 5.43 Å². The minimum absolute atomic E-state index is 0.139. The fourth-order valence-electron chi connectivity index (χ4n) is 3.22. The quantitative estimate of drug-likeness (QED) is 0.636. The number of hydrogen-bond acceptors (Lipinski definition) is 2. The number of nitrogens with zero attached hydrogens (tertiary/aromatic N) is 1. The lowest BCUT2D eigenvalue weighted by atomic mass is 9.70. The Bertz CT molecular complexity index is 335. The molecule has 2 fully saturated rings. The molecule has 0 unspecified atom stereocenters. The van der Waals surface area contributed by atoms with E-state index >= 15 is 0 Å². The third-order valence-corrected chi connectivity index (χ3v) is 4.81. The van der Waals surface area contributed by atoms with Crippen molar-refractivity contribution in [2.75, 3.05) is 0 Å². The van der Waals surface area contributed by atoms with Crippen molar-refractivity contribution in [3.05, 3.63) is 0 Å². The Morgan fingerprint density at radius 1 is 1.53 bits per heavy atom. The number of carbonyl (C=O) groups excluding carboxylic acids is 1. The lowest BCUT2D eigenvalue weighted by Gasteiger charge is -2.34. The second-order valence-corrected chi connectivity index (χ2v) is 5.53. The van der Waals surface area contributed by atoms with Gasteiger partial charge in [0.1, 0.15) is 0 Å². The van der Waals surface area contributed by atoms with Gasteiger partial charge in [0, 0.05) is 11.1 Å². The van der Waals surface area contributed by atoms with Crippen LogP contribution in [0.25, 0.3) is 0 Å². The monoisotopic (exact) mass is 209 g/mol. The fourth-order valence-corrected chi connectivity index (χ4v) is 3.22. The van der Waals surface area contributed by atoms with Crippen LogP contribution in [0.5, 0.6) is 0 Å². The number of hydrogen-bond donors (Lipinski definition) is 2. The maximum absolute atomic E-state index is 10.6. The molecule has 0 radical (unpaired) electrons. The van der Waals surface area contributed by atoms with Gasteiger partial charge in [-0.05, 0) is 30.6 Å². The van der Waals surface area contributed by atoms with Gasteiger partial charge in [0.2, 0.25) is 0 Å². The summed E-state index contributed by atoms with van der Waals surface area (Å²) in [4.78, 5) is 10.6. The average molecular weight is 209 g/mol. The molecule has 2 aliphatic rings. The molecule has 2 bridgehead atoms. The molecule has 0 aromatic rings. The summed E-state index contributed by atoms with van der Waals surface area (Å²) in [6.07, 6.45) is 3.45. The molecule has 0 aliphatic heterocycles. The molecule has 4 nitrogen and oxygen atoms in total. The molecule has 84 valence electrons. The fraction of sp³-hybridized carbons (Fsp3) is 0.818. The van der Waals surface area contributed by atoms with Crippen molar-refractivity contribution in [3.8, 4) is 0 Å². The average Bonchev–Trinajstić information content (AvgIpc) is 2.46. The third kappa shape index (κ3) is 1.27. The first-order valence-corrected chi connectivity index (χ1v) is 5.50. The molecular weight excluding hydrogens is 190 g/mol. The topological polar surface area (TPSA) is 67.5 Å². The summed E-state index contributed by atoms with van der Waals surface area (Å²) in [5, 5.41) is 4.16. The van der Waals surface area contributed by atoms with Crippen LogP contribution in [0, 0.1) is 16.7 Å². The summed E-state index contributed by atoms with van der Waals surface area (Å²) in [7, 11) is 0. The molecule has 4 heteroatoms. The van der Waals surface area contributed by atoms with Crippen molar-refractivity contribution in [2.24, 2.45) is 27.6 Å². The lowest BCUT2D eigenvalue weighted by Crippen LogP contribution is -2.35. The zero-order chi connectivity index (χ0) is 11.3. The number of amides is 2. The van der Waals surface area contributed by atoms with E-state index in [1.54, 1.807) is 0 Å². The highest BCUT2D eigenvalue weighted by atomic mass is 16.2. The van der Waals surface area contributed by atoms with E-state index in [4.69, 9.17) is 5.73 Å². The van der Waals surface area contributed by atoms with E-state index in [-0.39, 0.29) is 5.41 Å². The Morgan fingerprint density at radius 2 is 2.20 bits per heavy atom. The number of rotatable bonds is 1. The molecule has 0 aromatic heterocycles. The van der Waals surface area contributed by atoms with Crippen LogP contribution in [-0.4, -0.2) is 11.7 Å². The van der Waals surface area contributed by atoms with E-state index in [0.717, 1.165) is 12.1 Å². The molecular formula is C11H19N3O. The van der Waals surface area contributed by atoms with Gasteiger partial charge in [0.25, 0.3) is 0 Å². The summed E-state index contributed by atoms with van der Waals surface area (Å²) in [5.74, 6) is 0.705. The van der Waals surface area contributed by atoms with Gasteiger partial charge >= 0.3 is 6.03 Å². The zero-order valence-electron chi connectivity index (χ0n) is 9.63. The van der Waals surface area contributed by atoms with Crippen molar-refractivity contribution >= 4 is 11.7 Å². The van der Waals surface area contributed by atoms with Gasteiger partial charge in [-0.1, -0.05) is 20.8 Å². The number of hydrazone groups is 1. The highest BCUT2D eigenvalue weighted by Crippen LogP contribution is 2.63. The van der Waals surface area contributed by atoms with Crippen LogP contribution in [-0.2, 0) is 0 Å². The van der Waals surface area contributed by atoms with Crippen LogP contribution in [0.1, 0.15) is 40.0 Å². The minimum atomic E-state index is -0.577. The molecule has 0 spiro atoms. The van der Waals surface area contributed by atoms with Crippen molar-refractivity contribution in [3.63, 3.8) is 0 Å². The Labute approximate surface area is 90.3 Å². The number of nitrogens with two attached hydrogens (primary N) is 1. The van der Waals surface area contributed by atoms with Gasteiger partial charge in [0.15, 0.2) is 0 Å². The smallest absolute Gasteiger partial charge is 0.332 e. The van der Waals surface area contributed by atoms with Crippen LogP contribution in [0.4, 0.5) is 4.79 Å². The predicted molar refractivity (Wildman–Crippen MR) is 59.4 cm³/mol. The van der Waals surface area contributed by atoms with Crippen molar-refractivity contribution in [1.29, 1.82) is 0 Å². The van der Waals surface area contributed by atoms with Gasteiger partial charge < -0.3 is 5.73 Å². The minimum Gasteiger partial charge on any atom is -0.350 e. The standard InChI is InChI=1S/C11H19N3O/c1-10(2)7-4-5-11(10,3)8(6-7)13-14-9(12)15/h7H,4-6H2,1-3H3,(H3,12,14,15)/b13-8+/t7-,11-/m0/s1. The maximum atomic E-state index is 10.6. The normalized spacial score (nSPS) is 39.7. The summed E-state index contributed by atoms with van der Waals surface area (Å²) in [5.41, 5.74) is 8.93. The van der Waals surface area contributed by atoms with Crippen molar-refractivity contribution < 1.29 is 4.79 Å². The summed E-state index contributed by atoms with van der Waals surface area (Å²) in [6.45, 7) is 6.86.